The van der Waals surface area contributed by atoms with Gasteiger partial charge in [0, 0.05) is 16.8 Å². The molecule has 0 bridgehead atoms. The molecule has 0 saturated carbocycles. The molecule has 1 aromatic heterocycles. The third-order valence-electron chi connectivity index (χ3n) is 1.79. The molecule has 0 unspecified atom stereocenters. The first-order valence-electron chi connectivity index (χ1n) is 4.11. The fraction of sp³-hybridized carbons (Fsp3) is 0. The third-order valence-corrected chi connectivity index (χ3v) is 2.57. The molecule has 1 aromatic carbocycles. The number of rotatable bonds is 1. The van der Waals surface area contributed by atoms with Crippen LogP contribution in [0.15, 0.2) is 30.5 Å². The predicted molar refractivity (Wildman–Crippen MR) is 62.5 cm³/mol. The molecule has 0 N–H and O–H groups in total. The summed E-state index contributed by atoms with van der Waals surface area (Å²) in [7, 11) is 0. The Kier molecular flexibility index (Phi) is 3.10. The van der Waals surface area contributed by atoms with Gasteiger partial charge in [-0.15, -0.1) is 0 Å². The summed E-state index contributed by atoms with van der Waals surface area (Å²) in [6.07, 6.45) is 1.57. The van der Waals surface area contributed by atoms with Crippen molar-refractivity contribution in [2.75, 3.05) is 0 Å². The maximum Gasteiger partial charge on any atom is 0.162 e. The molecule has 5 heteroatoms. The van der Waals surface area contributed by atoms with Crippen LogP contribution in [0.25, 0.3) is 11.4 Å². The SMILES string of the molecule is Clc1ccc(Cl)c(-c2nccc(Cl)n2)c1. The molecule has 0 atom stereocenters. The summed E-state index contributed by atoms with van der Waals surface area (Å²) in [5.74, 6) is 0.468. The van der Waals surface area contributed by atoms with Gasteiger partial charge in [-0.25, -0.2) is 9.97 Å². The van der Waals surface area contributed by atoms with Crippen molar-refractivity contribution in [3.8, 4) is 11.4 Å². The molecular weight excluding hydrogens is 254 g/mol. The van der Waals surface area contributed by atoms with Gasteiger partial charge in [0.05, 0.1) is 5.02 Å². The van der Waals surface area contributed by atoms with E-state index < -0.39 is 0 Å². The number of halogens is 3. The van der Waals surface area contributed by atoms with E-state index >= 15 is 0 Å². The maximum absolute atomic E-state index is 6.00. The fourth-order valence-electron chi connectivity index (χ4n) is 1.14. The summed E-state index contributed by atoms with van der Waals surface area (Å²) >= 11 is 17.6. The summed E-state index contributed by atoms with van der Waals surface area (Å²) in [5.41, 5.74) is 0.673. The summed E-state index contributed by atoms with van der Waals surface area (Å²) in [5, 5.41) is 1.50. The Bertz CT molecular complexity index is 500. The molecule has 0 fully saturated rings. The van der Waals surface area contributed by atoms with Crippen LogP contribution >= 0.6 is 34.8 Å². The second-order valence-electron chi connectivity index (χ2n) is 2.83. The smallest absolute Gasteiger partial charge is 0.162 e. The fourth-order valence-corrected chi connectivity index (χ4v) is 1.65. The lowest BCUT2D eigenvalue weighted by atomic mass is 10.2. The Morgan fingerprint density at radius 1 is 1.00 bits per heavy atom. The van der Waals surface area contributed by atoms with Crippen LogP contribution < -0.4 is 0 Å². The van der Waals surface area contributed by atoms with E-state index in [-0.39, 0.29) is 0 Å². The minimum atomic E-state index is 0.371. The Hall–Kier alpha value is -0.830. The normalized spacial score (nSPS) is 10.3. The Balaban J connectivity index is 2.58. The molecule has 1 heterocycles. The second kappa shape index (κ2) is 4.35. The van der Waals surface area contributed by atoms with E-state index in [1.165, 1.54) is 0 Å². The van der Waals surface area contributed by atoms with Crippen molar-refractivity contribution in [2.45, 2.75) is 0 Å². The van der Waals surface area contributed by atoms with E-state index in [2.05, 4.69) is 9.97 Å². The molecule has 0 spiro atoms. The molecule has 2 nitrogen and oxygen atoms in total. The highest BCUT2D eigenvalue weighted by atomic mass is 35.5. The van der Waals surface area contributed by atoms with Crippen molar-refractivity contribution >= 4 is 34.8 Å². The van der Waals surface area contributed by atoms with Crippen LogP contribution in [0.1, 0.15) is 0 Å². The van der Waals surface area contributed by atoms with Gasteiger partial charge in [0.1, 0.15) is 5.15 Å². The van der Waals surface area contributed by atoms with Gasteiger partial charge in [-0.2, -0.15) is 0 Å². The molecular formula is C10H5Cl3N2. The monoisotopic (exact) mass is 258 g/mol. The van der Waals surface area contributed by atoms with Crippen molar-refractivity contribution in [3.63, 3.8) is 0 Å². The molecule has 76 valence electrons. The zero-order valence-corrected chi connectivity index (χ0v) is 9.68. The number of hydrogen-bond acceptors (Lipinski definition) is 2. The van der Waals surface area contributed by atoms with Gasteiger partial charge in [0.15, 0.2) is 5.82 Å². The van der Waals surface area contributed by atoms with Gasteiger partial charge < -0.3 is 0 Å². The first kappa shape index (κ1) is 10.7. The lowest BCUT2D eigenvalue weighted by molar-refractivity contribution is 1.18. The maximum atomic E-state index is 6.00. The molecule has 15 heavy (non-hydrogen) atoms. The summed E-state index contributed by atoms with van der Waals surface area (Å²) < 4.78 is 0. The molecule has 0 saturated heterocycles. The molecule has 0 aliphatic carbocycles. The highest BCUT2D eigenvalue weighted by Gasteiger charge is 2.07. The number of aromatic nitrogens is 2. The summed E-state index contributed by atoms with van der Waals surface area (Å²) in [6.45, 7) is 0. The Labute approximate surface area is 102 Å². The largest absolute Gasteiger partial charge is 0.236 e. The van der Waals surface area contributed by atoms with Crippen LogP contribution in [-0.4, -0.2) is 9.97 Å². The van der Waals surface area contributed by atoms with Crippen LogP contribution in [0.2, 0.25) is 15.2 Å². The molecule has 2 aromatic rings. The van der Waals surface area contributed by atoms with Crippen molar-refractivity contribution < 1.29 is 0 Å². The standard InChI is InChI=1S/C10H5Cl3N2/c11-6-1-2-8(12)7(5-6)10-14-4-3-9(13)15-10/h1-5H. The van der Waals surface area contributed by atoms with E-state index in [4.69, 9.17) is 34.8 Å². The number of nitrogens with zero attached hydrogens (tertiary/aromatic N) is 2. The van der Waals surface area contributed by atoms with Gasteiger partial charge in [0.25, 0.3) is 0 Å². The lowest BCUT2D eigenvalue weighted by Gasteiger charge is -2.03. The predicted octanol–water partition coefficient (Wildman–Crippen LogP) is 4.10. The minimum absolute atomic E-state index is 0.371. The van der Waals surface area contributed by atoms with Crippen LogP contribution in [0, 0.1) is 0 Å². The number of benzene rings is 1. The van der Waals surface area contributed by atoms with E-state index in [1.54, 1.807) is 30.5 Å². The van der Waals surface area contributed by atoms with E-state index in [9.17, 15) is 0 Å². The quantitative estimate of drug-likeness (QED) is 0.721. The van der Waals surface area contributed by atoms with Crippen LogP contribution in [0.4, 0.5) is 0 Å². The van der Waals surface area contributed by atoms with Gasteiger partial charge in [-0.3, -0.25) is 0 Å². The van der Waals surface area contributed by atoms with Gasteiger partial charge in [0.2, 0.25) is 0 Å². The van der Waals surface area contributed by atoms with Gasteiger partial charge >= 0.3 is 0 Å². The van der Waals surface area contributed by atoms with Crippen molar-refractivity contribution in [1.29, 1.82) is 0 Å². The van der Waals surface area contributed by atoms with Crippen LogP contribution in [0.3, 0.4) is 0 Å². The molecule has 0 aliphatic rings. The van der Waals surface area contributed by atoms with Crippen molar-refractivity contribution in [1.82, 2.24) is 9.97 Å². The van der Waals surface area contributed by atoms with Crippen molar-refractivity contribution in [3.05, 3.63) is 45.7 Å². The van der Waals surface area contributed by atoms with E-state index in [0.29, 0.717) is 26.6 Å². The van der Waals surface area contributed by atoms with E-state index in [1.807, 2.05) is 0 Å². The second-order valence-corrected chi connectivity index (χ2v) is 4.06. The summed E-state index contributed by atoms with van der Waals surface area (Å²) in [6, 6.07) is 6.71. The average molecular weight is 260 g/mol. The highest BCUT2D eigenvalue weighted by Crippen LogP contribution is 2.28. The Morgan fingerprint density at radius 3 is 2.53 bits per heavy atom. The molecule has 0 aliphatic heterocycles. The lowest BCUT2D eigenvalue weighted by Crippen LogP contribution is -1.89. The molecule has 0 radical (unpaired) electrons. The third kappa shape index (κ3) is 2.40. The molecule has 0 amide bonds. The van der Waals surface area contributed by atoms with Gasteiger partial charge in [-0.1, -0.05) is 34.8 Å². The van der Waals surface area contributed by atoms with Crippen molar-refractivity contribution in [2.24, 2.45) is 0 Å². The highest BCUT2D eigenvalue weighted by molar-refractivity contribution is 6.35. The average Bonchev–Trinajstić information content (AvgIpc) is 2.22. The first-order valence-corrected chi connectivity index (χ1v) is 5.24. The number of hydrogen-bond donors (Lipinski definition) is 0. The summed E-state index contributed by atoms with van der Waals surface area (Å²) in [4.78, 5) is 8.13. The zero-order valence-electron chi connectivity index (χ0n) is 7.42. The minimum Gasteiger partial charge on any atom is -0.236 e. The molecule has 2 rings (SSSR count). The van der Waals surface area contributed by atoms with Crippen LogP contribution in [0.5, 0.6) is 0 Å². The topological polar surface area (TPSA) is 25.8 Å². The van der Waals surface area contributed by atoms with Gasteiger partial charge in [-0.05, 0) is 24.3 Å². The Morgan fingerprint density at radius 2 is 1.80 bits per heavy atom. The van der Waals surface area contributed by atoms with E-state index in [0.717, 1.165) is 0 Å². The zero-order chi connectivity index (χ0) is 10.8. The first-order chi connectivity index (χ1) is 7.16. The van der Waals surface area contributed by atoms with Crippen LogP contribution in [-0.2, 0) is 0 Å².